The second-order valence-electron chi connectivity index (χ2n) is 5.28. The van der Waals surface area contributed by atoms with E-state index in [1.54, 1.807) is 0 Å². The van der Waals surface area contributed by atoms with Crippen LogP contribution < -0.4 is 5.73 Å². The van der Waals surface area contributed by atoms with E-state index in [0.717, 1.165) is 17.8 Å². The third kappa shape index (κ3) is 1.24. The first-order valence-electron chi connectivity index (χ1n) is 5.02. The van der Waals surface area contributed by atoms with Crippen molar-refractivity contribution < 1.29 is 0 Å². The van der Waals surface area contributed by atoms with E-state index in [1.807, 2.05) is 0 Å². The van der Waals surface area contributed by atoms with Gasteiger partial charge in [0.2, 0.25) is 0 Å². The molecule has 0 saturated heterocycles. The molecule has 70 valence electrons. The lowest BCUT2D eigenvalue weighted by Crippen LogP contribution is -2.55. The van der Waals surface area contributed by atoms with Crippen LogP contribution in [0, 0.1) is 17.8 Å². The van der Waals surface area contributed by atoms with Gasteiger partial charge in [0.25, 0.3) is 0 Å². The molecule has 0 atom stereocenters. The first-order valence-corrected chi connectivity index (χ1v) is 5.02. The first kappa shape index (κ1) is 9.01. The van der Waals surface area contributed by atoms with Gasteiger partial charge in [-0.05, 0) is 56.3 Å². The van der Waals surface area contributed by atoms with Crippen molar-refractivity contribution in [2.24, 2.45) is 23.5 Å². The molecule has 12 heavy (non-hydrogen) atoms. The minimum absolute atomic E-state index is 0. The van der Waals surface area contributed by atoms with Crippen LogP contribution in [-0.4, -0.2) is 5.54 Å². The van der Waals surface area contributed by atoms with Crippen LogP contribution >= 0.6 is 17.0 Å². The molecule has 4 bridgehead atoms. The highest BCUT2D eigenvalue weighted by Gasteiger charge is 2.48. The van der Waals surface area contributed by atoms with Gasteiger partial charge in [0.05, 0.1) is 0 Å². The summed E-state index contributed by atoms with van der Waals surface area (Å²) in [4.78, 5) is 0. The van der Waals surface area contributed by atoms with Gasteiger partial charge in [-0.1, -0.05) is 0 Å². The van der Waals surface area contributed by atoms with Crippen LogP contribution in [0.25, 0.3) is 0 Å². The van der Waals surface area contributed by atoms with Gasteiger partial charge in [0.1, 0.15) is 0 Å². The first-order chi connectivity index (χ1) is 5.23. The van der Waals surface area contributed by atoms with E-state index in [2.05, 4.69) is 0 Å². The maximum absolute atomic E-state index is 6.32. The molecule has 1 nitrogen and oxygen atoms in total. The van der Waals surface area contributed by atoms with E-state index in [4.69, 9.17) is 5.73 Å². The third-order valence-electron chi connectivity index (χ3n) is 4.09. The average molecular weight is 232 g/mol. The molecule has 2 heteroatoms. The summed E-state index contributed by atoms with van der Waals surface area (Å²) in [6.45, 7) is 0. The Morgan fingerprint density at radius 3 is 1.42 bits per heavy atom. The largest absolute Gasteiger partial charge is 0.325 e. The highest BCUT2D eigenvalue weighted by molar-refractivity contribution is 8.93. The summed E-state index contributed by atoms with van der Waals surface area (Å²) in [7, 11) is 0. The molecule has 0 amide bonds. The molecule has 0 aromatic rings. The highest BCUT2D eigenvalue weighted by atomic mass is 79.9. The van der Waals surface area contributed by atoms with Crippen molar-refractivity contribution in [3.63, 3.8) is 0 Å². The van der Waals surface area contributed by atoms with Crippen LogP contribution in [0.15, 0.2) is 0 Å². The van der Waals surface area contributed by atoms with E-state index < -0.39 is 0 Å². The van der Waals surface area contributed by atoms with Crippen LogP contribution in [0.2, 0.25) is 0 Å². The van der Waals surface area contributed by atoms with Gasteiger partial charge in [0, 0.05) is 5.54 Å². The molecule has 0 aliphatic heterocycles. The zero-order valence-corrected chi connectivity index (χ0v) is 9.17. The van der Waals surface area contributed by atoms with Crippen molar-refractivity contribution in [1.82, 2.24) is 0 Å². The smallest absolute Gasteiger partial charge is 0.0162 e. The molecule has 2 N–H and O–H groups in total. The fourth-order valence-electron chi connectivity index (χ4n) is 4.18. The fourth-order valence-corrected chi connectivity index (χ4v) is 4.18. The van der Waals surface area contributed by atoms with Gasteiger partial charge < -0.3 is 5.73 Å². The summed E-state index contributed by atoms with van der Waals surface area (Å²) < 4.78 is 0. The molecule has 0 spiro atoms. The molecule has 4 aliphatic rings. The van der Waals surface area contributed by atoms with Crippen LogP contribution in [0.1, 0.15) is 38.5 Å². The summed E-state index contributed by atoms with van der Waals surface area (Å²) in [5, 5.41) is 0. The molecule has 0 unspecified atom stereocenters. The highest BCUT2D eigenvalue weighted by Crippen LogP contribution is 2.54. The summed E-state index contributed by atoms with van der Waals surface area (Å²) in [5.41, 5.74) is 6.62. The summed E-state index contributed by atoms with van der Waals surface area (Å²) in [6, 6.07) is 0. The monoisotopic (exact) mass is 231 g/mol. The van der Waals surface area contributed by atoms with Gasteiger partial charge in [-0.25, -0.2) is 0 Å². The number of rotatable bonds is 0. The minimum atomic E-state index is 0. The van der Waals surface area contributed by atoms with Crippen molar-refractivity contribution in [2.75, 3.05) is 0 Å². The Kier molecular flexibility index (Phi) is 2.04. The van der Waals surface area contributed by atoms with E-state index >= 15 is 0 Å². The molecule has 4 aliphatic carbocycles. The number of halogens is 1. The molecule has 0 radical (unpaired) electrons. The predicted octanol–water partition coefficient (Wildman–Crippen LogP) is 2.49. The Bertz CT molecular complexity index is 155. The van der Waals surface area contributed by atoms with Gasteiger partial charge in [-0.3, -0.25) is 0 Å². The van der Waals surface area contributed by atoms with Crippen molar-refractivity contribution in [2.45, 2.75) is 44.1 Å². The van der Waals surface area contributed by atoms with Crippen molar-refractivity contribution >= 4 is 17.0 Å². The molecule has 4 rings (SSSR count). The molecule has 4 saturated carbocycles. The molecular weight excluding hydrogens is 214 g/mol. The average Bonchev–Trinajstić information content (AvgIpc) is 1.79. The Morgan fingerprint density at radius 2 is 1.17 bits per heavy atom. The van der Waals surface area contributed by atoms with Crippen LogP contribution in [0.3, 0.4) is 0 Å². The predicted molar refractivity (Wildman–Crippen MR) is 55.4 cm³/mol. The molecular formula is C10H18BrN. The lowest BCUT2D eigenvalue weighted by Gasteiger charge is -2.55. The lowest BCUT2D eigenvalue weighted by atomic mass is 9.53. The van der Waals surface area contributed by atoms with Gasteiger partial charge in [-0.2, -0.15) is 0 Å². The van der Waals surface area contributed by atoms with Gasteiger partial charge in [-0.15, -0.1) is 17.0 Å². The number of nitrogens with two attached hydrogens (primary N) is 1. The molecule has 4 fully saturated rings. The van der Waals surface area contributed by atoms with E-state index in [-0.39, 0.29) is 17.0 Å². The maximum atomic E-state index is 6.32. The second kappa shape index (κ2) is 2.71. The quantitative estimate of drug-likeness (QED) is 0.682. The normalized spacial score (nSPS) is 55.2. The van der Waals surface area contributed by atoms with Crippen LogP contribution in [0.5, 0.6) is 0 Å². The van der Waals surface area contributed by atoms with Crippen molar-refractivity contribution in [3.8, 4) is 0 Å². The Labute approximate surface area is 84.9 Å². The second-order valence-corrected chi connectivity index (χ2v) is 5.28. The van der Waals surface area contributed by atoms with E-state index in [1.165, 1.54) is 38.5 Å². The minimum Gasteiger partial charge on any atom is -0.325 e. The SMILES string of the molecule is Br.NC12CC3CC(CC(C3)C1)C2. The molecule has 0 aromatic heterocycles. The van der Waals surface area contributed by atoms with E-state index in [9.17, 15) is 0 Å². The Balaban J connectivity index is 0.000000563. The maximum Gasteiger partial charge on any atom is 0.0162 e. The number of hydrogen-bond acceptors (Lipinski definition) is 1. The summed E-state index contributed by atoms with van der Waals surface area (Å²) >= 11 is 0. The van der Waals surface area contributed by atoms with Gasteiger partial charge in [0.15, 0.2) is 0 Å². The lowest BCUT2D eigenvalue weighted by molar-refractivity contribution is 0.000365. The standard InChI is InChI=1S/C10H17N.BrH/c11-10-4-7-1-8(5-10)3-9(2-7)6-10;/h7-9H,1-6,11H2;1H. The summed E-state index contributed by atoms with van der Waals surface area (Å²) in [5.74, 6) is 3.06. The third-order valence-corrected chi connectivity index (χ3v) is 4.09. The van der Waals surface area contributed by atoms with Gasteiger partial charge >= 0.3 is 0 Å². The van der Waals surface area contributed by atoms with Crippen molar-refractivity contribution in [1.29, 1.82) is 0 Å². The number of hydrogen-bond donors (Lipinski definition) is 1. The topological polar surface area (TPSA) is 26.0 Å². The zero-order chi connectivity index (χ0) is 7.47. The summed E-state index contributed by atoms with van der Waals surface area (Å²) in [6.07, 6.45) is 8.57. The Hall–Kier alpha value is 0.440. The van der Waals surface area contributed by atoms with Crippen molar-refractivity contribution in [3.05, 3.63) is 0 Å². The van der Waals surface area contributed by atoms with Crippen LogP contribution in [0.4, 0.5) is 0 Å². The fraction of sp³-hybridized carbons (Fsp3) is 1.00. The molecule has 0 aromatic carbocycles. The van der Waals surface area contributed by atoms with E-state index in [0.29, 0.717) is 5.54 Å². The zero-order valence-electron chi connectivity index (χ0n) is 7.46. The van der Waals surface area contributed by atoms with Crippen LogP contribution in [-0.2, 0) is 0 Å². The Morgan fingerprint density at radius 1 is 0.833 bits per heavy atom. The molecule has 0 heterocycles.